The SMILES string of the molecule is CCCCCCC/C=C\C/C=C\C/C=C\CCCCCCCCCCCCCCCCCCCCCCCCCCC(=O)OC(COC(=O)CCCCCCCCCCCCCCCCCCCCCCCCCCCCC/C=C\C/C=C\CCCCCCC)COP(=O)([O-])OCC[N+](C)(C)C. The van der Waals surface area contributed by atoms with Gasteiger partial charge in [-0.05, 0) is 83.5 Å². The first kappa shape index (κ1) is 99.7. The molecule has 600 valence electrons. The van der Waals surface area contributed by atoms with Crippen molar-refractivity contribution >= 4 is 19.8 Å². The predicted molar refractivity (Wildman–Crippen MR) is 443 cm³/mol. The number of likely N-dealkylation sites (N-methyl/N-ethyl adjacent to an activating group) is 1. The zero-order chi connectivity index (χ0) is 74.0. The Morgan fingerprint density at radius 2 is 0.529 bits per heavy atom. The molecular weight excluding hydrogens is 1280 g/mol. The number of hydrogen-bond acceptors (Lipinski definition) is 8. The number of rotatable bonds is 85. The van der Waals surface area contributed by atoms with E-state index in [1.165, 1.54) is 379 Å². The minimum atomic E-state index is -4.65. The summed E-state index contributed by atoms with van der Waals surface area (Å²) in [7, 11) is 1.19. The zero-order valence-corrected chi connectivity index (χ0v) is 69.7. The summed E-state index contributed by atoms with van der Waals surface area (Å²) in [5, 5.41) is 0. The van der Waals surface area contributed by atoms with E-state index in [4.69, 9.17) is 18.5 Å². The standard InChI is InChI=1S/C92H174NO8P/c1-6-8-10-12-14-16-18-20-22-24-26-28-30-32-34-36-38-40-42-44-46-48-50-52-54-56-58-60-62-64-66-68-70-72-74-76-78-80-82-84-91(94)98-88-90(89-100-102(96,97)99-87-86-93(3,4)5)101-92(95)85-83-81-79-77-75-73-71-69-67-65-63-61-59-57-55-53-51-49-47-45-43-41-39-37-35-33-31-29-27-25-23-21-19-17-15-13-11-9-7-2/h18-21,24-27,31,33,90H,6-17,22-23,28-30,32,34-89H2,1-5H3/b20-18-,21-19-,26-24-,27-25-,33-31-. The topological polar surface area (TPSA) is 111 Å². The molecule has 102 heavy (non-hydrogen) atoms. The van der Waals surface area contributed by atoms with Crippen LogP contribution < -0.4 is 4.89 Å². The Morgan fingerprint density at radius 3 is 0.784 bits per heavy atom. The number of phosphoric acid groups is 1. The molecule has 0 saturated carbocycles. The Kier molecular flexibility index (Phi) is 80.9. The lowest BCUT2D eigenvalue weighted by molar-refractivity contribution is -0.870. The third kappa shape index (κ3) is 86.6. The molecule has 0 aliphatic carbocycles. The van der Waals surface area contributed by atoms with E-state index in [0.717, 1.165) is 51.4 Å². The molecule has 0 saturated heterocycles. The van der Waals surface area contributed by atoms with Gasteiger partial charge < -0.3 is 27.9 Å². The Labute approximate surface area is 636 Å². The van der Waals surface area contributed by atoms with E-state index in [0.29, 0.717) is 17.4 Å². The third-order valence-electron chi connectivity index (χ3n) is 20.5. The van der Waals surface area contributed by atoms with Crippen molar-refractivity contribution in [1.82, 2.24) is 0 Å². The second kappa shape index (κ2) is 82.8. The number of ether oxygens (including phenoxy) is 2. The zero-order valence-electron chi connectivity index (χ0n) is 68.8. The number of esters is 2. The smallest absolute Gasteiger partial charge is 0.306 e. The maximum absolute atomic E-state index is 12.9. The predicted octanol–water partition coefficient (Wildman–Crippen LogP) is 29.8. The largest absolute Gasteiger partial charge is 0.756 e. The number of quaternary nitrogens is 1. The molecular formula is C92H174NO8P. The second-order valence-corrected chi connectivity index (χ2v) is 33.4. The molecule has 2 atom stereocenters. The Balaban J connectivity index is 3.85. The third-order valence-corrected chi connectivity index (χ3v) is 21.5. The number of allylic oxidation sites excluding steroid dienone is 10. The van der Waals surface area contributed by atoms with E-state index >= 15 is 0 Å². The first-order valence-corrected chi connectivity index (χ1v) is 46.5. The van der Waals surface area contributed by atoms with E-state index in [1.54, 1.807) is 0 Å². The van der Waals surface area contributed by atoms with Gasteiger partial charge in [0.1, 0.15) is 19.8 Å². The number of nitrogens with zero attached hydrogens (tertiary/aromatic N) is 1. The van der Waals surface area contributed by atoms with E-state index in [-0.39, 0.29) is 32.0 Å². The van der Waals surface area contributed by atoms with E-state index in [9.17, 15) is 19.0 Å². The molecule has 0 fully saturated rings. The van der Waals surface area contributed by atoms with Crippen LogP contribution in [0, 0.1) is 0 Å². The minimum absolute atomic E-state index is 0.0277. The lowest BCUT2D eigenvalue weighted by Crippen LogP contribution is -2.37. The molecule has 0 aliphatic rings. The van der Waals surface area contributed by atoms with Gasteiger partial charge in [-0.15, -0.1) is 0 Å². The van der Waals surface area contributed by atoms with Crippen LogP contribution in [-0.4, -0.2) is 70.0 Å². The summed E-state index contributed by atoms with van der Waals surface area (Å²) < 4.78 is 34.5. The average Bonchev–Trinajstić information content (AvgIpc) is 0.914. The van der Waals surface area contributed by atoms with Crippen LogP contribution in [0.2, 0.25) is 0 Å². The highest BCUT2D eigenvalue weighted by molar-refractivity contribution is 7.45. The molecule has 0 aromatic rings. The van der Waals surface area contributed by atoms with Gasteiger partial charge in [-0.25, -0.2) is 0 Å². The van der Waals surface area contributed by atoms with Gasteiger partial charge in [-0.2, -0.15) is 0 Å². The van der Waals surface area contributed by atoms with Crippen molar-refractivity contribution < 1.29 is 42.1 Å². The van der Waals surface area contributed by atoms with Crippen molar-refractivity contribution in [3.05, 3.63) is 60.8 Å². The first-order valence-electron chi connectivity index (χ1n) is 45.0. The highest BCUT2D eigenvalue weighted by Gasteiger charge is 2.22. The highest BCUT2D eigenvalue weighted by atomic mass is 31.2. The quantitative estimate of drug-likeness (QED) is 0.0195. The highest BCUT2D eigenvalue weighted by Crippen LogP contribution is 2.38. The van der Waals surface area contributed by atoms with Crippen LogP contribution in [0.1, 0.15) is 463 Å². The van der Waals surface area contributed by atoms with Gasteiger partial charge in [0.05, 0.1) is 27.7 Å². The van der Waals surface area contributed by atoms with Gasteiger partial charge >= 0.3 is 11.9 Å². The number of unbranched alkanes of at least 4 members (excludes halogenated alkanes) is 61. The number of carbonyl (C=O) groups is 2. The van der Waals surface area contributed by atoms with Crippen LogP contribution >= 0.6 is 7.82 Å². The van der Waals surface area contributed by atoms with E-state index < -0.39 is 26.5 Å². The molecule has 0 N–H and O–H groups in total. The summed E-state index contributed by atoms with van der Waals surface area (Å²) >= 11 is 0. The van der Waals surface area contributed by atoms with Crippen LogP contribution in [0.15, 0.2) is 60.8 Å². The fourth-order valence-electron chi connectivity index (χ4n) is 13.6. The molecule has 0 aromatic heterocycles. The van der Waals surface area contributed by atoms with Crippen molar-refractivity contribution in [3.8, 4) is 0 Å². The van der Waals surface area contributed by atoms with Gasteiger partial charge in [-0.3, -0.25) is 14.2 Å². The molecule has 0 aromatic carbocycles. The maximum atomic E-state index is 12.9. The van der Waals surface area contributed by atoms with Gasteiger partial charge in [0, 0.05) is 12.8 Å². The number of carbonyl (C=O) groups excluding carboxylic acids is 2. The molecule has 10 heteroatoms. The van der Waals surface area contributed by atoms with Crippen LogP contribution in [0.25, 0.3) is 0 Å². The lowest BCUT2D eigenvalue weighted by atomic mass is 10.0. The molecule has 0 rings (SSSR count). The molecule has 0 amide bonds. The summed E-state index contributed by atoms with van der Waals surface area (Å²) in [4.78, 5) is 38.3. The van der Waals surface area contributed by atoms with Gasteiger partial charge in [0.25, 0.3) is 7.82 Å². The lowest BCUT2D eigenvalue weighted by Gasteiger charge is -2.28. The van der Waals surface area contributed by atoms with Crippen molar-refractivity contribution in [2.75, 3.05) is 47.5 Å². The first-order chi connectivity index (χ1) is 50.0. The average molecular weight is 1450 g/mol. The van der Waals surface area contributed by atoms with Crippen LogP contribution in [0.3, 0.4) is 0 Å². The van der Waals surface area contributed by atoms with Crippen molar-refractivity contribution in [2.45, 2.75) is 469 Å². The van der Waals surface area contributed by atoms with Crippen molar-refractivity contribution in [3.63, 3.8) is 0 Å². The molecule has 0 spiro atoms. The summed E-state index contributed by atoms with van der Waals surface area (Å²) in [5.74, 6) is -0.806. The second-order valence-electron chi connectivity index (χ2n) is 32.0. The number of hydrogen-bond donors (Lipinski definition) is 0. The number of phosphoric ester groups is 1. The summed E-state index contributed by atoms with van der Waals surface area (Å²) in [5.41, 5.74) is 0. The van der Waals surface area contributed by atoms with Crippen molar-refractivity contribution in [1.29, 1.82) is 0 Å². The summed E-state index contributed by atoms with van der Waals surface area (Å²) in [6.07, 6.45) is 113. The van der Waals surface area contributed by atoms with Crippen LogP contribution in [0.5, 0.6) is 0 Å². The van der Waals surface area contributed by atoms with Crippen LogP contribution in [-0.2, 0) is 32.7 Å². The molecule has 0 aliphatic heterocycles. The normalized spacial score (nSPS) is 13.2. The Morgan fingerprint density at radius 1 is 0.304 bits per heavy atom. The van der Waals surface area contributed by atoms with Gasteiger partial charge in [0.15, 0.2) is 6.10 Å². The Hall–Kier alpha value is -2.29. The van der Waals surface area contributed by atoms with Crippen LogP contribution in [0.4, 0.5) is 0 Å². The summed E-state index contributed by atoms with van der Waals surface area (Å²) in [6, 6.07) is 0. The summed E-state index contributed by atoms with van der Waals surface area (Å²) in [6.45, 7) is 4.30. The molecule has 0 bridgehead atoms. The fraction of sp³-hybridized carbons (Fsp3) is 0.870. The van der Waals surface area contributed by atoms with E-state index in [1.807, 2.05) is 21.1 Å². The van der Waals surface area contributed by atoms with Gasteiger partial charge in [-0.1, -0.05) is 428 Å². The maximum Gasteiger partial charge on any atom is 0.306 e. The minimum Gasteiger partial charge on any atom is -0.756 e. The fourth-order valence-corrected chi connectivity index (χ4v) is 14.4. The molecule has 0 radical (unpaired) electrons. The monoisotopic (exact) mass is 1450 g/mol. The molecule has 2 unspecified atom stereocenters. The molecule has 0 heterocycles. The van der Waals surface area contributed by atoms with Gasteiger partial charge in [0.2, 0.25) is 0 Å². The Bertz CT molecular complexity index is 1910. The van der Waals surface area contributed by atoms with Crippen molar-refractivity contribution in [2.24, 2.45) is 0 Å². The van der Waals surface area contributed by atoms with E-state index in [2.05, 4.69) is 74.6 Å². The molecule has 9 nitrogen and oxygen atoms in total.